The third-order valence-electron chi connectivity index (χ3n) is 6.31. The molecule has 0 spiro atoms. The van der Waals surface area contributed by atoms with Crippen molar-refractivity contribution in [2.45, 2.75) is 71.1 Å². The number of hydrogen-bond donors (Lipinski definition) is 0. The van der Waals surface area contributed by atoms with Crippen LogP contribution < -0.4 is 0 Å². The van der Waals surface area contributed by atoms with Gasteiger partial charge in [-0.15, -0.1) is 0 Å². The molecule has 0 unspecified atom stereocenters. The summed E-state index contributed by atoms with van der Waals surface area (Å²) in [5.74, 6) is 8.44. The van der Waals surface area contributed by atoms with Gasteiger partial charge in [0.05, 0.1) is 0 Å². The summed E-state index contributed by atoms with van der Waals surface area (Å²) >= 11 is 0. The Kier molecular flexibility index (Phi) is 8.57. The number of benzene rings is 2. The van der Waals surface area contributed by atoms with Crippen molar-refractivity contribution in [2.75, 3.05) is 0 Å². The van der Waals surface area contributed by atoms with Gasteiger partial charge in [0.2, 0.25) is 0 Å². The lowest BCUT2D eigenvalue weighted by Gasteiger charge is -2.28. The van der Waals surface area contributed by atoms with Crippen molar-refractivity contribution in [3.05, 3.63) is 70.8 Å². The van der Waals surface area contributed by atoms with Crippen molar-refractivity contribution < 1.29 is 4.79 Å². The topological polar surface area (TPSA) is 17.1 Å². The molecule has 0 aromatic heterocycles. The number of rotatable bonds is 8. The normalized spacial score (nSPS) is 18.7. The zero-order valence-electron chi connectivity index (χ0n) is 17.8. The van der Waals surface area contributed by atoms with Crippen LogP contribution in [0.15, 0.2) is 48.5 Å². The van der Waals surface area contributed by atoms with E-state index in [2.05, 4.69) is 55.2 Å². The molecule has 1 saturated carbocycles. The molecule has 0 radical (unpaired) electrons. The zero-order chi connectivity index (χ0) is 20.3. The average molecular weight is 387 g/mol. The number of aldehydes is 1. The number of carbonyl (C=O) groups excluding carboxylic acids is 1. The summed E-state index contributed by atoms with van der Waals surface area (Å²) in [5, 5.41) is 0. The maximum absolute atomic E-state index is 10.5. The molecule has 0 N–H and O–H groups in total. The minimum absolute atomic E-state index is 0.581. The van der Waals surface area contributed by atoms with E-state index in [-0.39, 0.29) is 0 Å². The third kappa shape index (κ3) is 7.21. The lowest BCUT2D eigenvalue weighted by molar-refractivity contribution is -0.107. The van der Waals surface area contributed by atoms with E-state index in [4.69, 9.17) is 0 Å². The number of aryl methyl sites for hydroxylation is 2. The smallest absolute Gasteiger partial charge is 0.120 e. The summed E-state index contributed by atoms with van der Waals surface area (Å²) < 4.78 is 0. The lowest BCUT2D eigenvalue weighted by Crippen LogP contribution is -2.15. The van der Waals surface area contributed by atoms with E-state index >= 15 is 0 Å². The Morgan fingerprint density at radius 1 is 0.759 bits per heavy atom. The molecular formula is C28H34O. The van der Waals surface area contributed by atoms with Crippen LogP contribution in [0.1, 0.15) is 80.5 Å². The van der Waals surface area contributed by atoms with Gasteiger partial charge in [-0.1, -0.05) is 81.6 Å². The SMILES string of the molecule is CCCC1CCC(CCc2ccc(C#Cc3ccc(CCC=O)cc3)cc2)CC1. The fraction of sp³-hybridized carbons (Fsp3) is 0.464. The molecule has 0 saturated heterocycles. The van der Waals surface area contributed by atoms with Gasteiger partial charge in [0, 0.05) is 17.5 Å². The number of hydrogen-bond acceptors (Lipinski definition) is 1. The highest BCUT2D eigenvalue weighted by atomic mass is 16.1. The second-order valence-corrected chi connectivity index (χ2v) is 8.56. The van der Waals surface area contributed by atoms with Gasteiger partial charge in [-0.25, -0.2) is 0 Å². The summed E-state index contributed by atoms with van der Waals surface area (Å²) in [6, 6.07) is 17.0. The molecular weight excluding hydrogens is 352 g/mol. The summed E-state index contributed by atoms with van der Waals surface area (Å²) in [4.78, 5) is 10.5. The Morgan fingerprint density at radius 3 is 1.72 bits per heavy atom. The van der Waals surface area contributed by atoms with E-state index in [1.54, 1.807) is 0 Å². The van der Waals surface area contributed by atoms with Gasteiger partial charge in [-0.2, -0.15) is 0 Å². The highest BCUT2D eigenvalue weighted by Gasteiger charge is 2.20. The first-order valence-corrected chi connectivity index (χ1v) is 11.4. The minimum Gasteiger partial charge on any atom is -0.303 e. The van der Waals surface area contributed by atoms with Crippen molar-refractivity contribution in [1.29, 1.82) is 0 Å². The van der Waals surface area contributed by atoms with Crippen molar-refractivity contribution in [1.82, 2.24) is 0 Å². The molecule has 1 aliphatic rings. The first kappa shape index (κ1) is 21.4. The zero-order valence-corrected chi connectivity index (χ0v) is 17.8. The van der Waals surface area contributed by atoms with E-state index < -0.39 is 0 Å². The minimum atomic E-state index is 0.581. The van der Waals surface area contributed by atoms with Crippen LogP contribution in [-0.2, 0) is 17.6 Å². The lowest BCUT2D eigenvalue weighted by atomic mass is 9.78. The van der Waals surface area contributed by atoms with E-state index in [0.29, 0.717) is 6.42 Å². The van der Waals surface area contributed by atoms with Gasteiger partial charge in [0.25, 0.3) is 0 Å². The molecule has 2 aromatic rings. The predicted octanol–water partition coefficient (Wildman–Crippen LogP) is 6.76. The molecule has 1 heteroatoms. The Balaban J connectivity index is 1.46. The third-order valence-corrected chi connectivity index (χ3v) is 6.31. The van der Waals surface area contributed by atoms with Crippen LogP contribution in [0.3, 0.4) is 0 Å². The summed E-state index contributed by atoms with van der Waals surface area (Å²) in [5.41, 5.74) is 4.71. The van der Waals surface area contributed by atoms with Crippen LogP contribution in [0.5, 0.6) is 0 Å². The molecule has 0 aliphatic heterocycles. The first-order valence-electron chi connectivity index (χ1n) is 11.4. The van der Waals surface area contributed by atoms with Crippen LogP contribution in [-0.4, -0.2) is 6.29 Å². The summed E-state index contributed by atoms with van der Waals surface area (Å²) in [7, 11) is 0. The van der Waals surface area contributed by atoms with E-state index in [0.717, 1.165) is 35.7 Å². The van der Waals surface area contributed by atoms with E-state index in [1.807, 2.05) is 12.1 Å². The van der Waals surface area contributed by atoms with Crippen molar-refractivity contribution >= 4 is 6.29 Å². The van der Waals surface area contributed by atoms with Crippen LogP contribution in [0.25, 0.3) is 0 Å². The van der Waals surface area contributed by atoms with Gasteiger partial charge in [0.1, 0.15) is 6.29 Å². The second-order valence-electron chi connectivity index (χ2n) is 8.56. The Bertz CT molecular complexity index is 796. The van der Waals surface area contributed by atoms with Gasteiger partial charge in [-0.05, 0) is 66.5 Å². The molecule has 3 rings (SSSR count). The summed E-state index contributed by atoms with van der Waals surface area (Å²) in [6.07, 6.45) is 13.4. The van der Waals surface area contributed by atoms with Crippen molar-refractivity contribution in [3.63, 3.8) is 0 Å². The van der Waals surface area contributed by atoms with Crippen LogP contribution in [0, 0.1) is 23.7 Å². The molecule has 0 heterocycles. The molecule has 2 aromatic carbocycles. The quantitative estimate of drug-likeness (QED) is 0.362. The highest BCUT2D eigenvalue weighted by Crippen LogP contribution is 2.33. The highest BCUT2D eigenvalue weighted by molar-refractivity contribution is 5.50. The second kappa shape index (κ2) is 11.6. The fourth-order valence-electron chi connectivity index (χ4n) is 4.47. The maximum atomic E-state index is 10.5. The molecule has 152 valence electrons. The molecule has 0 amide bonds. The van der Waals surface area contributed by atoms with Crippen molar-refractivity contribution in [3.8, 4) is 11.8 Å². The maximum Gasteiger partial charge on any atom is 0.120 e. The Hall–Kier alpha value is -2.33. The Labute approximate surface area is 176 Å². The van der Waals surface area contributed by atoms with Crippen LogP contribution in [0.4, 0.5) is 0 Å². The standard InChI is InChI=1S/C28H34O/c1-2-4-23-6-10-25(11-7-23)14-16-27-18-20-28(21-19-27)17-15-26-12-8-24(9-13-26)5-3-22-29/h8-9,12-13,18-23,25H,2-7,10-11,14,16H2,1H3. The van der Waals surface area contributed by atoms with E-state index in [1.165, 1.54) is 62.5 Å². The van der Waals surface area contributed by atoms with Crippen LogP contribution >= 0.6 is 0 Å². The van der Waals surface area contributed by atoms with Crippen molar-refractivity contribution in [2.24, 2.45) is 11.8 Å². The molecule has 29 heavy (non-hydrogen) atoms. The van der Waals surface area contributed by atoms with Gasteiger partial charge in [-0.3, -0.25) is 0 Å². The monoisotopic (exact) mass is 386 g/mol. The molecule has 1 aliphatic carbocycles. The molecule has 1 fully saturated rings. The summed E-state index contributed by atoms with van der Waals surface area (Å²) in [6.45, 7) is 2.31. The number of carbonyl (C=O) groups is 1. The van der Waals surface area contributed by atoms with Gasteiger partial charge in [0.15, 0.2) is 0 Å². The fourth-order valence-corrected chi connectivity index (χ4v) is 4.47. The van der Waals surface area contributed by atoms with Gasteiger partial charge < -0.3 is 4.79 Å². The predicted molar refractivity (Wildman–Crippen MR) is 122 cm³/mol. The largest absolute Gasteiger partial charge is 0.303 e. The van der Waals surface area contributed by atoms with E-state index in [9.17, 15) is 4.79 Å². The molecule has 1 nitrogen and oxygen atoms in total. The molecule has 0 atom stereocenters. The van der Waals surface area contributed by atoms with Gasteiger partial charge >= 0.3 is 0 Å². The first-order chi connectivity index (χ1) is 14.3. The Morgan fingerprint density at radius 2 is 1.24 bits per heavy atom. The van der Waals surface area contributed by atoms with Crippen LogP contribution in [0.2, 0.25) is 0 Å². The molecule has 0 bridgehead atoms. The average Bonchev–Trinajstić information content (AvgIpc) is 2.77.